The fraction of sp³-hybridized carbons (Fsp3) is 0.875. The topological polar surface area (TPSA) is 169 Å². The molecule has 0 aromatic carbocycles. The monoisotopic (exact) mass is 755 g/mol. The fourth-order valence-electron chi connectivity index (χ4n) is 11.4. The molecule has 54 heavy (non-hydrogen) atoms. The lowest BCUT2D eigenvalue weighted by molar-refractivity contribution is -0.292. The maximum atomic E-state index is 14.1. The molecule has 1 N–H and O–H groups in total. The van der Waals surface area contributed by atoms with Gasteiger partial charge in [0.2, 0.25) is 0 Å². The smallest absolute Gasteiger partial charge is 0.172 e. The van der Waals surface area contributed by atoms with E-state index in [1.807, 2.05) is 0 Å². The minimum Gasteiger partial charge on any atom is -0.393 e. The molecule has 10 saturated heterocycles. The van der Waals surface area contributed by atoms with Crippen LogP contribution in [0.15, 0.2) is 29.4 Å². The van der Waals surface area contributed by atoms with E-state index in [1.54, 1.807) is 7.11 Å². The van der Waals surface area contributed by atoms with E-state index in [9.17, 15) is 9.90 Å². The van der Waals surface area contributed by atoms with Gasteiger partial charge in [-0.15, -0.1) is 0 Å². The molecule has 12 bridgehead atoms. The Hall–Kier alpha value is -1.94. The highest BCUT2D eigenvalue weighted by Crippen LogP contribution is 2.54. The second kappa shape index (κ2) is 15.1. The van der Waals surface area contributed by atoms with Gasteiger partial charge in [-0.3, -0.25) is 4.79 Å². The quantitative estimate of drug-likeness (QED) is 0.177. The van der Waals surface area contributed by atoms with Crippen molar-refractivity contribution in [3.8, 4) is 0 Å². The van der Waals surface area contributed by atoms with E-state index < -0.39 is 24.1 Å². The van der Waals surface area contributed by atoms with Gasteiger partial charge in [-0.2, -0.15) is 0 Å². The highest BCUT2D eigenvalue weighted by atomic mass is 16.8. The summed E-state index contributed by atoms with van der Waals surface area (Å²) in [6.45, 7) is 11.0. The van der Waals surface area contributed by atoms with Crippen molar-refractivity contribution in [1.82, 2.24) is 0 Å². The van der Waals surface area contributed by atoms with Gasteiger partial charge in [-0.1, -0.05) is 25.2 Å². The normalized spacial score (nSPS) is 50.6. The van der Waals surface area contributed by atoms with Gasteiger partial charge >= 0.3 is 0 Å². The summed E-state index contributed by atoms with van der Waals surface area (Å²) < 4.78 is 60.0. The highest BCUT2D eigenvalue weighted by molar-refractivity contribution is 5.79. The number of carbonyl (C=O) groups is 1. The first-order chi connectivity index (χ1) is 26.1. The molecule has 0 aliphatic carbocycles. The van der Waals surface area contributed by atoms with Crippen molar-refractivity contribution in [3.63, 3.8) is 0 Å². The summed E-state index contributed by atoms with van der Waals surface area (Å²) in [4.78, 5) is 16.9. The van der Waals surface area contributed by atoms with Crippen LogP contribution in [-0.4, -0.2) is 128 Å². The van der Waals surface area contributed by atoms with Gasteiger partial charge in [0.1, 0.15) is 36.3 Å². The summed E-state index contributed by atoms with van der Waals surface area (Å²) in [6, 6.07) is 0. The van der Waals surface area contributed by atoms with Crippen LogP contribution >= 0.6 is 0 Å². The zero-order valence-corrected chi connectivity index (χ0v) is 31.6. The number of Topliss-reactive ketones (excluding diaryl/α,β-unsaturated/α-hetero) is 1. The molecule has 10 heterocycles. The van der Waals surface area contributed by atoms with Crippen LogP contribution in [0.1, 0.15) is 90.4 Å². The van der Waals surface area contributed by atoms with Crippen LogP contribution in [0.25, 0.3) is 10.4 Å². The van der Waals surface area contributed by atoms with Crippen LogP contribution < -0.4 is 0 Å². The number of ketones is 1. The van der Waals surface area contributed by atoms with Gasteiger partial charge < -0.3 is 47.7 Å². The molecule has 14 heteroatoms. The average molecular weight is 756 g/mol. The molecule has 1 unspecified atom stereocenters. The van der Waals surface area contributed by atoms with Gasteiger partial charge in [-0.25, -0.2) is 0 Å². The number of azide groups is 1. The Bertz CT molecular complexity index is 1510. The molecule has 298 valence electrons. The average Bonchev–Trinajstić information content (AvgIpc) is 3.82. The number of aliphatic hydroxyl groups excluding tert-OH is 1. The maximum Gasteiger partial charge on any atom is 0.172 e. The zero-order chi connectivity index (χ0) is 37.3. The summed E-state index contributed by atoms with van der Waals surface area (Å²) in [7, 11) is 1.62. The molecule has 0 aromatic heterocycles. The third-order valence-electron chi connectivity index (χ3n) is 14.1. The van der Waals surface area contributed by atoms with Crippen molar-refractivity contribution in [1.29, 1.82) is 0 Å². The number of aliphatic hydroxyl groups is 1. The molecule has 10 aliphatic heterocycles. The van der Waals surface area contributed by atoms with E-state index in [2.05, 4.69) is 30.1 Å². The molecule has 14 nitrogen and oxygen atoms in total. The van der Waals surface area contributed by atoms with E-state index >= 15 is 0 Å². The van der Waals surface area contributed by atoms with Crippen LogP contribution in [0.2, 0.25) is 0 Å². The van der Waals surface area contributed by atoms with Crippen molar-refractivity contribution in [2.75, 3.05) is 13.7 Å². The number of fused-ring (bicyclic) bond motifs is 6. The van der Waals surface area contributed by atoms with Gasteiger partial charge in [0.25, 0.3) is 0 Å². The lowest BCUT2D eigenvalue weighted by Gasteiger charge is -2.47. The molecule has 10 fully saturated rings. The molecular weight excluding hydrogens is 698 g/mol. The van der Waals surface area contributed by atoms with E-state index in [4.69, 9.17) is 48.2 Å². The van der Waals surface area contributed by atoms with E-state index in [-0.39, 0.29) is 123 Å². The Morgan fingerprint density at radius 3 is 2.44 bits per heavy atom. The zero-order valence-electron chi connectivity index (χ0n) is 31.6. The SMILES string of the molecule is C=C1C[C@@H]2CC[C@@]34C[C@H]5O[C@@H]6C(O[C@H]7CC[C@H](CC(=O)C[C@@H]8[C@@H](OC)[C@@H](C[C@H](O)CN=[N+]=[N-])O[C@H]8C[C@H]8O[C@@H](CC[C@@H]1O2)C[C@@H](C)C8=C)O[C@@H]7[C@@H]6O3)[C@H]5O4. The van der Waals surface area contributed by atoms with Gasteiger partial charge in [0.15, 0.2) is 5.79 Å². The fourth-order valence-corrected chi connectivity index (χ4v) is 11.4. The minimum atomic E-state index is -0.908. The largest absolute Gasteiger partial charge is 0.393 e. The van der Waals surface area contributed by atoms with Crippen molar-refractivity contribution < 1.29 is 52.5 Å². The second-order valence-electron chi connectivity index (χ2n) is 17.6. The van der Waals surface area contributed by atoms with Gasteiger partial charge in [-0.05, 0) is 67.5 Å². The minimum absolute atomic E-state index is 0.0142. The van der Waals surface area contributed by atoms with Crippen LogP contribution in [0.5, 0.6) is 0 Å². The standard InChI is InChI=1S/C40H57N3O11/c1-19-11-24-5-7-28-20(2)12-26(47-28)9-10-40-17-33-36(53-40)37-38(52-33)39(54-40)35-29(51-37)8-6-25(49-35)13-22(44)14-27-31(16-30(48-24)21(19)3)50-32(34(27)46-4)15-23(45)18-42-43-41/h19,23-39,45H,2-3,5-18H2,1,4H3/t19-,23+,24+,25-,26+,27+,28+,29+,30-,31+,32-,33-,34-,35+,36+,37?,38-,39+,40+/m1/s1. The number of carbonyl (C=O) groups excluding carboxylic acids is 1. The van der Waals surface area contributed by atoms with Gasteiger partial charge in [0.05, 0.1) is 73.7 Å². The number of methoxy groups -OCH3 is 1. The van der Waals surface area contributed by atoms with E-state index in [0.29, 0.717) is 25.7 Å². The lowest BCUT2D eigenvalue weighted by Crippen LogP contribution is -2.61. The Kier molecular flexibility index (Phi) is 10.5. The lowest BCUT2D eigenvalue weighted by atomic mass is 9.81. The number of ether oxygens (including phenoxy) is 9. The van der Waals surface area contributed by atoms with Crippen LogP contribution in [0.4, 0.5) is 0 Å². The molecule has 1 spiro atoms. The third kappa shape index (κ3) is 7.01. The number of hydrogen-bond acceptors (Lipinski definition) is 12. The Balaban J connectivity index is 0.988. The van der Waals surface area contributed by atoms with Crippen LogP contribution in [-0.2, 0) is 47.4 Å². The van der Waals surface area contributed by atoms with Crippen LogP contribution in [0, 0.1) is 11.8 Å². The highest BCUT2D eigenvalue weighted by Gasteiger charge is 2.68. The maximum absolute atomic E-state index is 14.1. The molecule has 10 aliphatic rings. The summed E-state index contributed by atoms with van der Waals surface area (Å²) in [5.74, 6) is -0.767. The molecule has 0 radical (unpaired) electrons. The predicted molar refractivity (Wildman–Crippen MR) is 191 cm³/mol. The molecule has 10 rings (SSSR count). The third-order valence-corrected chi connectivity index (χ3v) is 14.1. The number of nitrogens with zero attached hydrogens (tertiary/aromatic N) is 3. The van der Waals surface area contributed by atoms with Gasteiger partial charge in [0, 0.05) is 56.5 Å². The molecule has 0 saturated carbocycles. The predicted octanol–water partition coefficient (Wildman–Crippen LogP) is 4.79. The summed E-state index contributed by atoms with van der Waals surface area (Å²) in [5, 5.41) is 14.3. The molecule has 0 amide bonds. The summed E-state index contributed by atoms with van der Waals surface area (Å²) >= 11 is 0. The Morgan fingerprint density at radius 1 is 0.852 bits per heavy atom. The number of rotatable bonds is 5. The number of hydrogen-bond donors (Lipinski definition) is 1. The molecule has 0 aromatic rings. The summed E-state index contributed by atoms with van der Waals surface area (Å²) in [5.41, 5.74) is 11.0. The van der Waals surface area contributed by atoms with E-state index in [0.717, 1.165) is 49.7 Å². The van der Waals surface area contributed by atoms with Crippen molar-refractivity contribution in [3.05, 3.63) is 34.7 Å². The van der Waals surface area contributed by atoms with E-state index in [1.165, 1.54) is 0 Å². The van der Waals surface area contributed by atoms with Crippen molar-refractivity contribution in [2.24, 2.45) is 17.0 Å². The Morgan fingerprint density at radius 2 is 1.61 bits per heavy atom. The first-order valence-electron chi connectivity index (χ1n) is 20.5. The van der Waals surface area contributed by atoms with Crippen molar-refractivity contribution >= 4 is 5.78 Å². The van der Waals surface area contributed by atoms with Crippen molar-refractivity contribution in [2.45, 2.75) is 194 Å². The first kappa shape index (κ1) is 37.6. The molecule has 19 atom stereocenters. The summed E-state index contributed by atoms with van der Waals surface area (Å²) in [6.07, 6.45) is 3.73. The molecular formula is C40H57N3O11. The van der Waals surface area contributed by atoms with Crippen LogP contribution in [0.3, 0.4) is 0 Å². The first-order valence-corrected chi connectivity index (χ1v) is 20.5. The Labute approximate surface area is 317 Å². The second-order valence-corrected chi connectivity index (χ2v) is 17.6.